The molecule has 5 aromatic rings. The molecule has 2 atom stereocenters. The Morgan fingerprint density at radius 2 is 1.07 bits per heavy atom. The molecule has 0 aromatic heterocycles. The molecule has 9 heteroatoms. The fourth-order valence-corrected chi connectivity index (χ4v) is 7.27. The van der Waals surface area contributed by atoms with Crippen LogP contribution in [-0.2, 0) is 6.42 Å². The Hall–Kier alpha value is -6.58. The van der Waals surface area contributed by atoms with Crippen LogP contribution < -0.4 is 21.3 Å². The third-order valence-electron chi connectivity index (χ3n) is 9.88. The second kappa shape index (κ2) is 15.4. The number of aliphatic hydroxyl groups is 1. The first-order chi connectivity index (χ1) is 26.6. The van der Waals surface area contributed by atoms with Gasteiger partial charge >= 0.3 is 0 Å². The first-order valence-corrected chi connectivity index (χ1v) is 18.4. The summed E-state index contributed by atoms with van der Waals surface area (Å²) in [5.74, 6) is -0.879. The van der Waals surface area contributed by atoms with Crippen molar-refractivity contribution in [2.45, 2.75) is 46.4 Å². The lowest BCUT2D eigenvalue weighted by molar-refractivity contribution is 0.0980. The van der Waals surface area contributed by atoms with Gasteiger partial charge in [-0.25, -0.2) is 0 Å². The van der Waals surface area contributed by atoms with Crippen molar-refractivity contribution in [1.29, 1.82) is 0 Å². The number of aliphatic hydroxyl groups excluding tert-OH is 1. The van der Waals surface area contributed by atoms with Crippen molar-refractivity contribution >= 4 is 51.6 Å². The van der Waals surface area contributed by atoms with Gasteiger partial charge in [-0.15, -0.1) is 0 Å². The van der Waals surface area contributed by atoms with Gasteiger partial charge in [-0.1, -0.05) is 78.9 Å². The number of ketones is 4. The SMILES string of the molecule is C/C=C(\C=C/C(C)Nc1ccc(NC(C)O)c2c1C(=O)c1ccccc1C2=O)Cc1ccc(Nc2ccc(NCC)c3c2C(=O)c2ccccc2C3=O)cc1. The van der Waals surface area contributed by atoms with E-state index in [0.29, 0.717) is 69.1 Å². The van der Waals surface area contributed by atoms with Crippen LogP contribution in [0.1, 0.15) is 96.9 Å². The normalized spacial score (nSPS) is 14.5. The van der Waals surface area contributed by atoms with E-state index in [2.05, 4.69) is 21.3 Å². The van der Waals surface area contributed by atoms with Crippen LogP contribution >= 0.6 is 0 Å². The van der Waals surface area contributed by atoms with Gasteiger partial charge in [-0.2, -0.15) is 0 Å². The molecule has 0 saturated heterocycles. The summed E-state index contributed by atoms with van der Waals surface area (Å²) < 4.78 is 0. The van der Waals surface area contributed by atoms with Gasteiger partial charge in [0.2, 0.25) is 0 Å². The molecule has 5 aromatic carbocycles. The Morgan fingerprint density at radius 1 is 0.618 bits per heavy atom. The van der Waals surface area contributed by atoms with Gasteiger partial charge in [-0.05, 0) is 81.7 Å². The molecule has 276 valence electrons. The molecule has 0 bridgehead atoms. The van der Waals surface area contributed by atoms with Gasteiger partial charge in [0.1, 0.15) is 6.23 Å². The molecule has 7 rings (SSSR count). The maximum absolute atomic E-state index is 13.8. The molecule has 0 aliphatic heterocycles. The Labute approximate surface area is 320 Å². The van der Waals surface area contributed by atoms with Crippen molar-refractivity contribution < 1.29 is 24.3 Å². The summed E-state index contributed by atoms with van der Waals surface area (Å²) in [4.78, 5) is 54.8. The number of nitrogens with one attached hydrogen (secondary N) is 4. The fraction of sp³-hybridized carbons (Fsp3) is 0.174. The summed E-state index contributed by atoms with van der Waals surface area (Å²) in [7, 11) is 0. The van der Waals surface area contributed by atoms with Crippen LogP contribution in [0.4, 0.5) is 28.4 Å². The van der Waals surface area contributed by atoms with E-state index in [1.807, 2.05) is 75.4 Å². The molecule has 0 saturated carbocycles. The zero-order valence-electron chi connectivity index (χ0n) is 31.1. The summed E-state index contributed by atoms with van der Waals surface area (Å²) >= 11 is 0. The second-order valence-electron chi connectivity index (χ2n) is 13.7. The molecule has 5 N–H and O–H groups in total. The summed E-state index contributed by atoms with van der Waals surface area (Å²) in [6, 6.07) is 28.7. The van der Waals surface area contributed by atoms with E-state index in [1.165, 1.54) is 0 Å². The number of carbonyl (C=O) groups excluding carboxylic acids is 4. The molecular formula is C46H42N4O5. The van der Waals surface area contributed by atoms with E-state index in [4.69, 9.17) is 0 Å². The number of anilines is 5. The third kappa shape index (κ3) is 7.10. The predicted octanol–water partition coefficient (Wildman–Crippen LogP) is 8.71. The highest BCUT2D eigenvalue weighted by atomic mass is 16.3. The van der Waals surface area contributed by atoms with Crippen molar-refractivity contribution in [2.24, 2.45) is 0 Å². The molecule has 0 radical (unpaired) electrons. The minimum atomic E-state index is -0.918. The highest BCUT2D eigenvalue weighted by Crippen LogP contribution is 2.39. The van der Waals surface area contributed by atoms with Crippen LogP contribution in [0.15, 0.2) is 121 Å². The lowest BCUT2D eigenvalue weighted by Crippen LogP contribution is -2.26. The van der Waals surface area contributed by atoms with Crippen molar-refractivity contribution in [3.8, 4) is 0 Å². The highest BCUT2D eigenvalue weighted by molar-refractivity contribution is 6.33. The van der Waals surface area contributed by atoms with Crippen LogP contribution in [0.2, 0.25) is 0 Å². The summed E-state index contributed by atoms with van der Waals surface area (Å²) in [5, 5.41) is 23.0. The first kappa shape index (κ1) is 36.8. The van der Waals surface area contributed by atoms with Gasteiger partial charge in [0.15, 0.2) is 23.1 Å². The molecule has 55 heavy (non-hydrogen) atoms. The third-order valence-corrected chi connectivity index (χ3v) is 9.88. The quantitative estimate of drug-likeness (QED) is 0.0618. The van der Waals surface area contributed by atoms with Gasteiger partial charge in [0.05, 0.1) is 27.9 Å². The van der Waals surface area contributed by atoms with Crippen LogP contribution in [0, 0.1) is 0 Å². The van der Waals surface area contributed by atoms with Crippen LogP contribution in [0.3, 0.4) is 0 Å². The Bertz CT molecular complexity index is 2430. The summed E-state index contributed by atoms with van der Waals surface area (Å²) in [5.41, 5.74) is 7.87. The van der Waals surface area contributed by atoms with Crippen molar-refractivity contribution in [3.05, 3.63) is 171 Å². The Balaban J connectivity index is 1.06. The van der Waals surface area contributed by atoms with E-state index in [0.717, 1.165) is 16.8 Å². The smallest absolute Gasteiger partial charge is 0.196 e. The molecule has 2 unspecified atom stereocenters. The standard InChI is InChI=1S/C46H42N4O5/c1-5-28(16-15-26(3)48-36-23-24-37(49-27(4)51)41-40(36)44(53)33-13-9-10-14-34(33)45(41)54)25-29-17-19-30(20-18-29)50-38-22-21-35(47-6-2)39-42(38)46(55)32-12-8-7-11-31(32)43(39)52/h5,7-24,26-27,47-51H,6,25H2,1-4H3/b16-15-,28-5+. The second-order valence-corrected chi connectivity index (χ2v) is 13.7. The minimum absolute atomic E-state index is 0.173. The van der Waals surface area contributed by atoms with E-state index in [-0.39, 0.29) is 40.3 Å². The zero-order chi connectivity index (χ0) is 38.8. The number of rotatable bonds is 12. The predicted molar refractivity (Wildman–Crippen MR) is 218 cm³/mol. The molecule has 0 heterocycles. The average molecular weight is 731 g/mol. The Kier molecular flexibility index (Phi) is 10.3. The maximum Gasteiger partial charge on any atom is 0.196 e. The van der Waals surface area contributed by atoms with Gasteiger partial charge in [-0.3, -0.25) is 19.2 Å². The number of allylic oxidation sites excluding steroid dienone is 3. The largest absolute Gasteiger partial charge is 0.385 e. The van der Waals surface area contributed by atoms with Crippen molar-refractivity contribution in [3.63, 3.8) is 0 Å². The molecule has 2 aliphatic rings. The average Bonchev–Trinajstić information content (AvgIpc) is 3.19. The molecule has 0 spiro atoms. The number of benzene rings is 5. The molecule has 2 aliphatic carbocycles. The van der Waals surface area contributed by atoms with Gasteiger partial charge in [0.25, 0.3) is 0 Å². The van der Waals surface area contributed by atoms with Gasteiger partial charge < -0.3 is 26.4 Å². The number of fused-ring (bicyclic) bond motifs is 4. The summed E-state index contributed by atoms with van der Waals surface area (Å²) in [6.07, 6.45) is 5.85. The lowest BCUT2D eigenvalue weighted by atomic mass is 9.82. The van der Waals surface area contributed by atoms with Crippen molar-refractivity contribution in [2.75, 3.05) is 27.8 Å². The molecule has 9 nitrogen and oxygen atoms in total. The minimum Gasteiger partial charge on any atom is -0.385 e. The zero-order valence-corrected chi connectivity index (χ0v) is 31.1. The number of carbonyl (C=O) groups is 4. The maximum atomic E-state index is 13.8. The van der Waals surface area contributed by atoms with Crippen LogP contribution in [-0.4, -0.2) is 47.1 Å². The van der Waals surface area contributed by atoms with E-state index in [1.54, 1.807) is 67.6 Å². The molecule has 0 fully saturated rings. The first-order valence-electron chi connectivity index (χ1n) is 18.4. The number of hydrogen-bond acceptors (Lipinski definition) is 9. The summed E-state index contributed by atoms with van der Waals surface area (Å²) in [6.45, 7) is 8.08. The Morgan fingerprint density at radius 3 is 1.56 bits per heavy atom. The van der Waals surface area contributed by atoms with Crippen LogP contribution in [0.25, 0.3) is 0 Å². The fourth-order valence-electron chi connectivity index (χ4n) is 7.27. The monoisotopic (exact) mass is 730 g/mol. The highest BCUT2D eigenvalue weighted by Gasteiger charge is 2.35. The van der Waals surface area contributed by atoms with Crippen molar-refractivity contribution in [1.82, 2.24) is 0 Å². The molecular weight excluding hydrogens is 689 g/mol. The molecule has 0 amide bonds. The van der Waals surface area contributed by atoms with Crippen LogP contribution in [0.5, 0.6) is 0 Å². The number of hydrogen-bond donors (Lipinski definition) is 5. The van der Waals surface area contributed by atoms with E-state index >= 15 is 0 Å². The lowest BCUT2D eigenvalue weighted by Gasteiger charge is -2.25. The van der Waals surface area contributed by atoms with Gasteiger partial charge in [0, 0.05) is 57.6 Å². The van der Waals surface area contributed by atoms with E-state index in [9.17, 15) is 24.3 Å². The topological polar surface area (TPSA) is 137 Å². The van der Waals surface area contributed by atoms with E-state index < -0.39 is 6.23 Å².